The molecule has 6 heteroatoms. The number of aromatic carboxylic acids is 1. The van der Waals surface area contributed by atoms with Crippen molar-refractivity contribution in [3.8, 4) is 0 Å². The fourth-order valence-electron chi connectivity index (χ4n) is 3.40. The molecule has 0 saturated carbocycles. The van der Waals surface area contributed by atoms with Gasteiger partial charge in [-0.2, -0.15) is 0 Å². The van der Waals surface area contributed by atoms with Gasteiger partial charge in [0.15, 0.2) is 0 Å². The summed E-state index contributed by atoms with van der Waals surface area (Å²) < 4.78 is 11.2. The van der Waals surface area contributed by atoms with Crippen LogP contribution in [0.3, 0.4) is 0 Å². The lowest BCUT2D eigenvalue weighted by molar-refractivity contribution is -0.144. The maximum absolute atomic E-state index is 13.0. The molecule has 150 valence electrons. The quantitative estimate of drug-likeness (QED) is 0.396. The lowest BCUT2D eigenvalue weighted by Crippen LogP contribution is -2.09. The Morgan fingerprint density at radius 1 is 0.967 bits per heavy atom. The van der Waals surface area contributed by atoms with Crippen molar-refractivity contribution in [1.29, 1.82) is 0 Å². The van der Waals surface area contributed by atoms with Crippen molar-refractivity contribution in [2.24, 2.45) is 0 Å². The van der Waals surface area contributed by atoms with Gasteiger partial charge in [0, 0.05) is 0 Å². The maximum Gasteiger partial charge on any atom is 0.335 e. The number of rotatable bonds is 5. The number of hydrogen-bond donors (Lipinski definition) is 1. The van der Waals surface area contributed by atoms with Gasteiger partial charge in [0.05, 0.1) is 22.8 Å². The molecule has 1 aromatic heterocycles. The minimum Gasteiger partial charge on any atom is -0.478 e. The maximum atomic E-state index is 13.0. The third kappa shape index (κ3) is 3.80. The summed E-state index contributed by atoms with van der Waals surface area (Å²) in [6.45, 7) is 1.83. The molecule has 1 N–H and O–H groups in total. The lowest BCUT2D eigenvalue weighted by atomic mass is 10.0. The summed E-state index contributed by atoms with van der Waals surface area (Å²) >= 11 is 0. The zero-order chi connectivity index (χ0) is 21.3. The van der Waals surface area contributed by atoms with Crippen molar-refractivity contribution < 1.29 is 23.8 Å². The van der Waals surface area contributed by atoms with Crippen LogP contribution in [0.5, 0.6) is 0 Å². The van der Waals surface area contributed by atoms with Crippen LogP contribution in [0.4, 0.5) is 0 Å². The van der Waals surface area contributed by atoms with Gasteiger partial charge in [-0.05, 0) is 53.9 Å². The summed E-state index contributed by atoms with van der Waals surface area (Å²) in [6, 6.07) is 16.9. The first-order valence-electron chi connectivity index (χ1n) is 9.35. The number of ether oxygens (including phenoxy) is 1. The fourth-order valence-corrected chi connectivity index (χ4v) is 3.40. The van der Waals surface area contributed by atoms with Crippen LogP contribution in [0.15, 0.2) is 69.9 Å². The number of carbonyl (C=O) groups is 2. The molecule has 0 bridgehead atoms. The first-order valence-corrected chi connectivity index (χ1v) is 9.35. The van der Waals surface area contributed by atoms with Crippen molar-refractivity contribution in [3.05, 3.63) is 93.1 Å². The predicted molar refractivity (Wildman–Crippen MR) is 112 cm³/mol. The summed E-state index contributed by atoms with van der Waals surface area (Å²) in [5, 5.41) is 9.70. The molecule has 4 aromatic rings. The average Bonchev–Trinajstić information content (AvgIpc) is 2.73. The minimum atomic E-state index is -1.12. The van der Waals surface area contributed by atoms with Crippen LogP contribution in [-0.4, -0.2) is 17.0 Å². The van der Waals surface area contributed by atoms with Crippen LogP contribution in [0, 0.1) is 6.92 Å². The van der Waals surface area contributed by atoms with E-state index < -0.39 is 5.97 Å². The Labute approximate surface area is 171 Å². The van der Waals surface area contributed by atoms with Gasteiger partial charge in [0.2, 0.25) is 5.43 Å². The number of hydrogen-bond acceptors (Lipinski definition) is 5. The van der Waals surface area contributed by atoms with Gasteiger partial charge in [-0.3, -0.25) is 9.59 Å². The number of aryl methyl sites for hydroxylation is 1. The van der Waals surface area contributed by atoms with E-state index in [4.69, 9.17) is 9.15 Å². The molecule has 30 heavy (non-hydrogen) atoms. The second-order valence-corrected chi connectivity index (χ2v) is 7.06. The molecule has 0 aliphatic carbocycles. The van der Waals surface area contributed by atoms with Crippen LogP contribution in [0.25, 0.3) is 21.9 Å². The highest BCUT2D eigenvalue weighted by atomic mass is 16.5. The second-order valence-electron chi connectivity index (χ2n) is 7.06. The molecule has 6 nitrogen and oxygen atoms in total. The molecule has 0 aliphatic heterocycles. The van der Waals surface area contributed by atoms with E-state index in [9.17, 15) is 19.5 Å². The third-order valence-corrected chi connectivity index (χ3v) is 4.85. The molecule has 0 amide bonds. The van der Waals surface area contributed by atoms with Crippen LogP contribution < -0.4 is 5.43 Å². The van der Waals surface area contributed by atoms with Crippen LogP contribution in [-0.2, 0) is 22.6 Å². The van der Waals surface area contributed by atoms with Crippen molar-refractivity contribution in [3.63, 3.8) is 0 Å². The fraction of sp³-hybridized carbons (Fsp3) is 0.125. The van der Waals surface area contributed by atoms with E-state index in [-0.39, 0.29) is 35.4 Å². The predicted octanol–water partition coefficient (Wildman–Crippen LogP) is 4.24. The largest absolute Gasteiger partial charge is 0.478 e. The number of esters is 1. The summed E-state index contributed by atoms with van der Waals surface area (Å²) in [7, 11) is 0. The van der Waals surface area contributed by atoms with E-state index in [1.54, 1.807) is 19.1 Å². The van der Waals surface area contributed by atoms with E-state index in [1.165, 1.54) is 18.2 Å². The molecule has 0 unspecified atom stereocenters. The molecular weight excluding hydrogens is 384 g/mol. The molecule has 4 rings (SSSR count). The van der Waals surface area contributed by atoms with Gasteiger partial charge in [-0.25, -0.2) is 4.79 Å². The van der Waals surface area contributed by atoms with E-state index in [0.717, 1.165) is 11.1 Å². The highest BCUT2D eigenvalue weighted by Crippen LogP contribution is 2.24. The molecular formula is C24H18O6. The highest BCUT2D eigenvalue weighted by Gasteiger charge is 2.14. The van der Waals surface area contributed by atoms with Gasteiger partial charge in [-0.1, -0.05) is 30.3 Å². The molecule has 0 atom stereocenters. The number of carboxylic acid groups (broad SMARTS) is 1. The normalized spacial score (nSPS) is 11.0. The summed E-state index contributed by atoms with van der Waals surface area (Å²) in [5.41, 5.74) is 2.67. The Hall–Kier alpha value is -3.93. The SMILES string of the molecule is Cc1cc(COC(=O)Cc2ccccc2)cc2c(=O)c3cc(C(=O)O)ccc3oc12. The number of carbonyl (C=O) groups excluding carboxylic acids is 1. The smallest absolute Gasteiger partial charge is 0.335 e. The summed E-state index contributed by atoms with van der Waals surface area (Å²) in [5.74, 6) is -1.48. The monoisotopic (exact) mass is 402 g/mol. The van der Waals surface area contributed by atoms with Crippen LogP contribution in [0.1, 0.15) is 27.0 Å². The molecule has 1 heterocycles. The molecule has 0 spiro atoms. The summed E-state index contributed by atoms with van der Waals surface area (Å²) in [4.78, 5) is 36.3. The number of benzene rings is 3. The molecule has 3 aromatic carbocycles. The van der Waals surface area contributed by atoms with E-state index >= 15 is 0 Å². The highest BCUT2D eigenvalue weighted by molar-refractivity contribution is 5.96. The van der Waals surface area contributed by atoms with E-state index in [0.29, 0.717) is 22.1 Å². The van der Waals surface area contributed by atoms with Crippen molar-refractivity contribution in [2.75, 3.05) is 0 Å². The van der Waals surface area contributed by atoms with Crippen LogP contribution >= 0.6 is 0 Å². The van der Waals surface area contributed by atoms with Crippen LogP contribution in [0.2, 0.25) is 0 Å². The Bertz CT molecular complexity index is 1330. The minimum absolute atomic E-state index is 0.0110. The standard InChI is InChI=1S/C24H18O6/c1-14-9-16(13-29-21(25)11-15-5-3-2-4-6-15)10-19-22(26)18-12-17(24(27)28)7-8-20(18)30-23(14)19/h2-10,12H,11,13H2,1H3,(H,27,28). The van der Waals surface area contributed by atoms with Crippen molar-refractivity contribution in [1.82, 2.24) is 0 Å². The Morgan fingerprint density at radius 2 is 1.73 bits per heavy atom. The number of carboxylic acids is 1. The van der Waals surface area contributed by atoms with Crippen molar-refractivity contribution >= 4 is 33.9 Å². The van der Waals surface area contributed by atoms with Gasteiger partial charge < -0.3 is 14.3 Å². The third-order valence-electron chi connectivity index (χ3n) is 4.85. The molecule has 0 aliphatic rings. The Balaban J connectivity index is 1.65. The van der Waals surface area contributed by atoms with Gasteiger partial charge in [0.1, 0.15) is 17.8 Å². The summed E-state index contributed by atoms with van der Waals surface area (Å²) in [6.07, 6.45) is 0.165. The first kappa shape index (κ1) is 19.4. The zero-order valence-corrected chi connectivity index (χ0v) is 16.2. The van der Waals surface area contributed by atoms with Crippen molar-refractivity contribution in [2.45, 2.75) is 20.0 Å². The Kier molecular flexibility index (Phi) is 5.06. The van der Waals surface area contributed by atoms with Gasteiger partial charge in [0.25, 0.3) is 0 Å². The number of fused-ring (bicyclic) bond motifs is 2. The molecule has 0 radical (unpaired) electrons. The van der Waals surface area contributed by atoms with E-state index in [2.05, 4.69) is 0 Å². The van der Waals surface area contributed by atoms with E-state index in [1.807, 2.05) is 30.3 Å². The molecule has 0 saturated heterocycles. The Morgan fingerprint density at radius 3 is 2.47 bits per heavy atom. The zero-order valence-electron chi connectivity index (χ0n) is 16.2. The second kappa shape index (κ2) is 7.83. The first-order chi connectivity index (χ1) is 14.4. The average molecular weight is 402 g/mol. The van der Waals surface area contributed by atoms with Gasteiger partial charge in [-0.15, -0.1) is 0 Å². The molecule has 0 fully saturated rings. The lowest BCUT2D eigenvalue weighted by Gasteiger charge is -2.09. The topological polar surface area (TPSA) is 93.8 Å². The van der Waals surface area contributed by atoms with Gasteiger partial charge >= 0.3 is 11.9 Å².